The lowest BCUT2D eigenvalue weighted by Crippen LogP contribution is -2.22. The lowest BCUT2D eigenvalue weighted by molar-refractivity contribution is -0.115. The summed E-state index contributed by atoms with van der Waals surface area (Å²) in [6.07, 6.45) is 0. The summed E-state index contributed by atoms with van der Waals surface area (Å²) < 4.78 is 37.5. The van der Waals surface area contributed by atoms with E-state index in [-0.39, 0.29) is 17.0 Å². The highest BCUT2D eigenvalue weighted by Crippen LogP contribution is 2.32. The molecule has 1 amide bonds. The number of hydrogen-bond donors (Lipinski definition) is 1. The predicted molar refractivity (Wildman–Crippen MR) is 118 cm³/mol. The number of halogens is 2. The number of nitrogens with one attached hydrogen (secondary N) is 1. The second kappa shape index (κ2) is 9.45. The zero-order valence-corrected chi connectivity index (χ0v) is 18.5. The zero-order valence-electron chi connectivity index (χ0n) is 16.8. The molecule has 0 radical (unpaired) electrons. The summed E-state index contributed by atoms with van der Waals surface area (Å²) in [6.45, 7) is 1.69. The monoisotopic (exact) mass is 474 g/mol. The van der Waals surface area contributed by atoms with Gasteiger partial charge in [-0.15, -0.1) is 21.5 Å². The smallest absolute Gasteiger partial charge is 0.277 e. The van der Waals surface area contributed by atoms with Crippen LogP contribution in [0.1, 0.15) is 6.92 Å². The number of aromatic nitrogens is 3. The highest BCUT2D eigenvalue weighted by molar-refractivity contribution is 8.00. The van der Waals surface area contributed by atoms with Crippen LogP contribution in [-0.2, 0) is 4.79 Å². The predicted octanol–water partition coefficient (Wildman–Crippen LogP) is 5.27. The Morgan fingerprint density at radius 1 is 1.19 bits per heavy atom. The van der Waals surface area contributed by atoms with E-state index in [2.05, 4.69) is 20.5 Å². The number of hydrogen-bond acceptors (Lipinski definition) is 8. The Kier molecular flexibility index (Phi) is 6.47. The number of para-hydroxylation sites is 1. The van der Waals surface area contributed by atoms with Crippen molar-refractivity contribution in [2.24, 2.45) is 0 Å². The SMILES string of the molecule is COc1ccccc1-c1nnc(S[C@@H](C)C(=O)Nc2nc(-c3ccc(F)c(F)c3)cs2)o1. The van der Waals surface area contributed by atoms with Crippen LogP contribution in [0.5, 0.6) is 5.75 Å². The minimum Gasteiger partial charge on any atom is -0.496 e. The summed E-state index contributed by atoms with van der Waals surface area (Å²) in [5, 5.41) is 12.4. The van der Waals surface area contributed by atoms with Crippen LogP contribution >= 0.6 is 23.1 Å². The highest BCUT2D eigenvalue weighted by atomic mass is 32.2. The van der Waals surface area contributed by atoms with E-state index in [0.29, 0.717) is 27.7 Å². The summed E-state index contributed by atoms with van der Waals surface area (Å²) in [4.78, 5) is 16.8. The molecule has 0 fully saturated rings. The Labute approximate surface area is 189 Å². The van der Waals surface area contributed by atoms with Crippen molar-refractivity contribution in [2.45, 2.75) is 17.4 Å². The molecule has 0 saturated carbocycles. The first-order chi connectivity index (χ1) is 15.4. The lowest BCUT2D eigenvalue weighted by atomic mass is 10.2. The molecule has 32 heavy (non-hydrogen) atoms. The van der Waals surface area contributed by atoms with Gasteiger partial charge in [-0.05, 0) is 37.3 Å². The molecule has 0 spiro atoms. The quantitative estimate of drug-likeness (QED) is 0.365. The number of nitrogens with zero attached hydrogens (tertiary/aromatic N) is 3. The van der Waals surface area contributed by atoms with E-state index in [1.54, 1.807) is 31.5 Å². The number of anilines is 1. The average Bonchev–Trinajstić information content (AvgIpc) is 3.45. The second-order valence-corrected chi connectivity index (χ2v) is 8.64. The van der Waals surface area contributed by atoms with Crippen molar-refractivity contribution in [2.75, 3.05) is 12.4 Å². The van der Waals surface area contributed by atoms with Gasteiger partial charge in [0.25, 0.3) is 11.1 Å². The van der Waals surface area contributed by atoms with Crippen molar-refractivity contribution in [3.8, 4) is 28.5 Å². The molecule has 4 rings (SSSR count). The molecule has 2 heterocycles. The fourth-order valence-electron chi connectivity index (χ4n) is 2.72. The van der Waals surface area contributed by atoms with E-state index in [1.807, 2.05) is 12.1 Å². The van der Waals surface area contributed by atoms with Crippen molar-refractivity contribution in [1.82, 2.24) is 15.2 Å². The van der Waals surface area contributed by atoms with E-state index in [4.69, 9.17) is 9.15 Å². The molecule has 164 valence electrons. The highest BCUT2D eigenvalue weighted by Gasteiger charge is 2.21. The average molecular weight is 475 g/mol. The van der Waals surface area contributed by atoms with Crippen LogP contribution in [0.2, 0.25) is 0 Å². The number of amides is 1. The Hall–Kier alpha value is -3.31. The third-order valence-electron chi connectivity index (χ3n) is 4.34. The number of ether oxygens (including phenoxy) is 1. The largest absolute Gasteiger partial charge is 0.496 e. The summed E-state index contributed by atoms with van der Waals surface area (Å²) in [5.41, 5.74) is 1.50. The fraction of sp³-hybridized carbons (Fsp3) is 0.143. The Morgan fingerprint density at radius 2 is 2.00 bits per heavy atom. The van der Waals surface area contributed by atoms with Gasteiger partial charge in [0.2, 0.25) is 5.91 Å². The van der Waals surface area contributed by atoms with E-state index in [1.165, 1.54) is 17.4 Å². The maximum absolute atomic E-state index is 13.4. The van der Waals surface area contributed by atoms with Crippen molar-refractivity contribution in [3.05, 3.63) is 59.5 Å². The van der Waals surface area contributed by atoms with Crippen LogP contribution in [0.3, 0.4) is 0 Å². The number of carbonyl (C=O) groups excluding carboxylic acids is 1. The first-order valence-corrected chi connectivity index (χ1v) is 11.1. The van der Waals surface area contributed by atoms with Gasteiger partial charge in [0.1, 0.15) is 5.75 Å². The molecular formula is C21H16F2N4O3S2. The number of benzene rings is 2. The van der Waals surface area contributed by atoms with E-state index >= 15 is 0 Å². The van der Waals surface area contributed by atoms with Gasteiger partial charge < -0.3 is 14.5 Å². The molecule has 1 atom stereocenters. The number of thioether (sulfide) groups is 1. The van der Waals surface area contributed by atoms with Crippen molar-refractivity contribution < 1.29 is 22.7 Å². The second-order valence-electron chi connectivity index (χ2n) is 6.49. The van der Waals surface area contributed by atoms with Gasteiger partial charge in [-0.2, -0.15) is 0 Å². The molecule has 0 saturated heterocycles. The minimum atomic E-state index is -0.960. The fourth-order valence-corrected chi connectivity index (χ4v) is 4.12. The molecule has 0 aliphatic carbocycles. The number of methoxy groups -OCH3 is 1. The maximum atomic E-state index is 13.4. The van der Waals surface area contributed by atoms with E-state index < -0.39 is 16.9 Å². The Bertz CT molecular complexity index is 1260. The molecule has 0 unspecified atom stereocenters. The zero-order chi connectivity index (χ0) is 22.7. The topological polar surface area (TPSA) is 90.1 Å². The maximum Gasteiger partial charge on any atom is 0.277 e. The van der Waals surface area contributed by atoms with Gasteiger partial charge in [-0.1, -0.05) is 23.9 Å². The van der Waals surface area contributed by atoms with Crippen LogP contribution in [0.4, 0.5) is 13.9 Å². The molecule has 0 aliphatic rings. The van der Waals surface area contributed by atoms with Gasteiger partial charge in [0.15, 0.2) is 16.8 Å². The van der Waals surface area contributed by atoms with E-state index in [9.17, 15) is 13.6 Å². The van der Waals surface area contributed by atoms with Crippen LogP contribution in [0.15, 0.2) is 57.5 Å². The molecule has 11 heteroatoms. The normalized spacial score (nSPS) is 11.9. The molecule has 7 nitrogen and oxygen atoms in total. The first-order valence-electron chi connectivity index (χ1n) is 9.30. The summed E-state index contributed by atoms with van der Waals surface area (Å²) in [5.74, 6) is -1.33. The molecular weight excluding hydrogens is 458 g/mol. The van der Waals surface area contributed by atoms with Gasteiger partial charge in [0, 0.05) is 10.9 Å². The third-order valence-corrected chi connectivity index (χ3v) is 6.03. The van der Waals surface area contributed by atoms with Crippen LogP contribution in [-0.4, -0.2) is 33.4 Å². The van der Waals surface area contributed by atoms with Crippen LogP contribution < -0.4 is 10.1 Å². The van der Waals surface area contributed by atoms with E-state index in [0.717, 1.165) is 23.9 Å². The van der Waals surface area contributed by atoms with Gasteiger partial charge in [-0.25, -0.2) is 13.8 Å². The molecule has 2 aromatic carbocycles. The first kappa shape index (κ1) is 21.9. The van der Waals surface area contributed by atoms with Crippen molar-refractivity contribution in [1.29, 1.82) is 0 Å². The summed E-state index contributed by atoms with van der Waals surface area (Å²) >= 11 is 2.28. The third kappa shape index (κ3) is 4.78. The van der Waals surface area contributed by atoms with Crippen molar-refractivity contribution in [3.63, 3.8) is 0 Å². The molecule has 0 bridgehead atoms. The van der Waals surface area contributed by atoms with Crippen molar-refractivity contribution >= 4 is 34.1 Å². The molecule has 1 N–H and O–H groups in total. The Morgan fingerprint density at radius 3 is 2.78 bits per heavy atom. The van der Waals surface area contributed by atoms with Gasteiger partial charge in [0.05, 0.1) is 23.6 Å². The minimum absolute atomic E-state index is 0.232. The lowest BCUT2D eigenvalue weighted by Gasteiger charge is -2.07. The summed E-state index contributed by atoms with van der Waals surface area (Å²) in [7, 11) is 1.55. The van der Waals surface area contributed by atoms with Gasteiger partial charge >= 0.3 is 0 Å². The molecule has 2 aromatic heterocycles. The van der Waals surface area contributed by atoms with Crippen LogP contribution in [0, 0.1) is 11.6 Å². The number of thiazole rings is 1. The van der Waals surface area contributed by atoms with Crippen LogP contribution in [0.25, 0.3) is 22.7 Å². The summed E-state index contributed by atoms with van der Waals surface area (Å²) in [6, 6.07) is 10.8. The number of carbonyl (C=O) groups is 1. The standard InChI is InChI=1S/C21H16F2N4O3S2/c1-11(32-21-27-26-19(30-21)13-5-3-4-6-17(13)29-2)18(28)25-20-24-16(10-31-20)12-7-8-14(22)15(23)9-12/h3-11H,1-2H3,(H,24,25,28)/t11-/m0/s1. The molecule has 0 aliphatic heterocycles. The molecule has 4 aromatic rings. The number of rotatable bonds is 7. The van der Waals surface area contributed by atoms with Gasteiger partial charge in [-0.3, -0.25) is 4.79 Å². The Balaban J connectivity index is 1.40.